The Balaban J connectivity index is 1.56. The maximum atomic E-state index is 15.5. The number of hydrogen-bond acceptors (Lipinski definition) is 6. The Bertz CT molecular complexity index is 1670. The van der Waals surface area contributed by atoms with Crippen molar-refractivity contribution in [3.8, 4) is 28.5 Å². The molecule has 8 nitrogen and oxygen atoms in total. The van der Waals surface area contributed by atoms with Crippen LogP contribution >= 0.6 is 11.6 Å². The molecule has 0 amide bonds. The molecule has 0 spiro atoms. The fraction of sp³-hybridized carbons (Fsp3) is 0.0870. The van der Waals surface area contributed by atoms with Crippen LogP contribution in [0.1, 0.15) is 5.56 Å². The van der Waals surface area contributed by atoms with Gasteiger partial charge in [0.05, 0.1) is 17.9 Å². The number of fused-ring (bicyclic) bond motifs is 1. The van der Waals surface area contributed by atoms with Gasteiger partial charge >= 0.3 is 0 Å². The van der Waals surface area contributed by atoms with E-state index < -0.39 is 27.2 Å². The quantitative estimate of drug-likeness (QED) is 0.331. The van der Waals surface area contributed by atoms with E-state index in [4.69, 9.17) is 16.3 Å². The van der Waals surface area contributed by atoms with Crippen LogP contribution in [0.5, 0.6) is 5.88 Å². The molecule has 35 heavy (non-hydrogen) atoms. The lowest BCUT2D eigenvalue weighted by Crippen LogP contribution is -2.09. The molecule has 0 saturated heterocycles. The van der Waals surface area contributed by atoms with E-state index in [1.807, 2.05) is 0 Å². The van der Waals surface area contributed by atoms with Crippen molar-refractivity contribution in [2.75, 3.05) is 7.11 Å². The van der Waals surface area contributed by atoms with Crippen molar-refractivity contribution in [2.45, 2.75) is 10.6 Å². The van der Waals surface area contributed by atoms with Crippen LogP contribution in [0.25, 0.3) is 33.5 Å². The number of rotatable bonds is 6. The Labute approximate surface area is 202 Å². The highest BCUT2D eigenvalue weighted by Crippen LogP contribution is 2.35. The zero-order valence-electron chi connectivity index (χ0n) is 18.0. The summed E-state index contributed by atoms with van der Waals surface area (Å²) >= 11 is 5.91. The number of nitrogens with zero attached hydrogens (tertiary/aromatic N) is 3. The van der Waals surface area contributed by atoms with Crippen LogP contribution in [0.3, 0.4) is 0 Å². The minimum atomic E-state index is -4.10. The van der Waals surface area contributed by atoms with Gasteiger partial charge in [-0.2, -0.15) is 5.10 Å². The van der Waals surface area contributed by atoms with Crippen LogP contribution in [0, 0.1) is 11.6 Å². The molecule has 0 bridgehead atoms. The number of sulfone groups is 1. The smallest absolute Gasteiger partial charge is 0.232 e. The second-order valence-corrected chi connectivity index (χ2v) is 9.95. The molecule has 0 radical (unpaired) electrons. The lowest BCUT2D eigenvalue weighted by molar-refractivity contribution is 0.385. The third-order valence-electron chi connectivity index (χ3n) is 5.43. The highest BCUT2D eigenvalue weighted by molar-refractivity contribution is 7.90. The van der Waals surface area contributed by atoms with Gasteiger partial charge in [0.2, 0.25) is 5.88 Å². The molecule has 0 unspecified atom stereocenters. The number of pyridine rings is 1. The average Bonchev–Trinajstić information content (AvgIpc) is 3.51. The average molecular weight is 516 g/mol. The molecule has 5 rings (SSSR count). The number of halogens is 3. The van der Waals surface area contributed by atoms with E-state index in [0.29, 0.717) is 16.9 Å². The summed E-state index contributed by atoms with van der Waals surface area (Å²) in [6, 6.07) is 8.35. The van der Waals surface area contributed by atoms with E-state index in [-0.39, 0.29) is 38.0 Å². The Kier molecular flexibility index (Phi) is 5.73. The second kappa shape index (κ2) is 8.75. The van der Waals surface area contributed by atoms with Gasteiger partial charge in [0, 0.05) is 40.7 Å². The largest absolute Gasteiger partial charge is 0.480 e. The molecule has 0 saturated carbocycles. The maximum Gasteiger partial charge on any atom is 0.232 e. The lowest BCUT2D eigenvalue weighted by Gasteiger charge is -2.12. The molecular formula is C23H16ClF2N5O3S. The highest BCUT2D eigenvalue weighted by atomic mass is 35.5. The summed E-state index contributed by atoms with van der Waals surface area (Å²) in [5.74, 6) is -2.02. The third kappa shape index (κ3) is 4.02. The number of imidazole rings is 1. The van der Waals surface area contributed by atoms with Crippen LogP contribution in [0.15, 0.2) is 59.9 Å². The molecule has 0 fully saturated rings. The predicted octanol–water partition coefficient (Wildman–Crippen LogP) is 4.93. The van der Waals surface area contributed by atoms with Crippen molar-refractivity contribution in [3.63, 3.8) is 0 Å². The van der Waals surface area contributed by atoms with E-state index in [1.165, 1.54) is 43.6 Å². The van der Waals surface area contributed by atoms with Gasteiger partial charge in [-0.25, -0.2) is 27.2 Å². The summed E-state index contributed by atoms with van der Waals surface area (Å²) in [7, 11) is -2.83. The monoisotopic (exact) mass is 515 g/mol. The minimum absolute atomic E-state index is 0.000984. The van der Waals surface area contributed by atoms with Crippen molar-refractivity contribution in [3.05, 3.63) is 77.2 Å². The van der Waals surface area contributed by atoms with Crippen LogP contribution in [-0.4, -0.2) is 40.7 Å². The molecule has 5 aromatic rings. The van der Waals surface area contributed by atoms with Crippen LogP contribution in [0.4, 0.5) is 8.78 Å². The van der Waals surface area contributed by atoms with E-state index in [2.05, 4.69) is 25.1 Å². The molecule has 3 aromatic heterocycles. The number of benzene rings is 2. The summed E-state index contributed by atoms with van der Waals surface area (Å²) in [6.45, 7) is 0. The summed E-state index contributed by atoms with van der Waals surface area (Å²) in [5.41, 5.74) is 0.174. The number of H-pyrrole nitrogens is 2. The van der Waals surface area contributed by atoms with E-state index in [1.54, 1.807) is 18.5 Å². The number of aromatic amines is 2. The van der Waals surface area contributed by atoms with E-state index in [0.717, 1.165) is 0 Å². The molecule has 0 atom stereocenters. The van der Waals surface area contributed by atoms with Gasteiger partial charge < -0.3 is 9.72 Å². The molecule has 12 heteroatoms. The van der Waals surface area contributed by atoms with Crippen LogP contribution in [-0.2, 0) is 15.6 Å². The topological polar surface area (TPSA) is 114 Å². The normalized spacial score (nSPS) is 11.8. The Hall–Kier alpha value is -3.83. The summed E-state index contributed by atoms with van der Waals surface area (Å²) < 4.78 is 62.1. The highest BCUT2D eigenvalue weighted by Gasteiger charge is 2.25. The van der Waals surface area contributed by atoms with Crippen molar-refractivity contribution in [1.29, 1.82) is 0 Å². The van der Waals surface area contributed by atoms with E-state index in [9.17, 15) is 8.42 Å². The molecule has 3 heterocycles. The van der Waals surface area contributed by atoms with Gasteiger partial charge in [-0.05, 0) is 12.1 Å². The first-order valence-electron chi connectivity index (χ1n) is 10.2. The fourth-order valence-corrected chi connectivity index (χ4v) is 5.52. The van der Waals surface area contributed by atoms with Crippen LogP contribution < -0.4 is 4.74 Å². The summed E-state index contributed by atoms with van der Waals surface area (Å²) in [6.07, 6.45) is 4.42. The predicted molar refractivity (Wildman–Crippen MR) is 126 cm³/mol. The fourth-order valence-electron chi connectivity index (χ4n) is 3.80. The number of hydrogen-bond donors (Lipinski definition) is 2. The molecule has 2 aromatic carbocycles. The zero-order chi connectivity index (χ0) is 24.7. The number of aromatic nitrogens is 5. The molecule has 0 aliphatic carbocycles. The lowest BCUT2D eigenvalue weighted by atomic mass is 10.00. The van der Waals surface area contributed by atoms with Gasteiger partial charge in [0.1, 0.15) is 21.9 Å². The van der Waals surface area contributed by atoms with Crippen molar-refractivity contribution >= 4 is 32.3 Å². The Morgan fingerprint density at radius 1 is 1.09 bits per heavy atom. The van der Waals surface area contributed by atoms with E-state index >= 15 is 8.78 Å². The standard InChI is InChI=1S/C23H16ClF2N5O3S/c1-34-23-17(9-13(24)10-29-23)35(32,33)11-12-3-2-4-14(18(12)25)15-5-6-16-20(19(15)26)30-31-21(16)22-27-7-8-28-22/h2-10H,11H2,1H3,(H,27,28)(H,30,31). The molecular weight excluding hydrogens is 500 g/mol. The Morgan fingerprint density at radius 2 is 1.89 bits per heavy atom. The molecule has 0 aliphatic rings. The van der Waals surface area contributed by atoms with Crippen molar-refractivity contribution < 1.29 is 21.9 Å². The molecule has 0 aliphatic heterocycles. The Morgan fingerprint density at radius 3 is 2.63 bits per heavy atom. The zero-order valence-corrected chi connectivity index (χ0v) is 19.6. The van der Waals surface area contributed by atoms with Gasteiger partial charge in [-0.1, -0.05) is 35.9 Å². The van der Waals surface area contributed by atoms with Gasteiger partial charge in [0.25, 0.3) is 0 Å². The SMILES string of the molecule is COc1ncc(Cl)cc1S(=O)(=O)Cc1cccc(-c2ccc3c(-c4ncc[nH]4)[nH]nc3c2F)c1F. The second-order valence-electron chi connectivity index (χ2n) is 7.56. The molecule has 178 valence electrons. The van der Waals surface area contributed by atoms with Crippen molar-refractivity contribution in [2.24, 2.45) is 0 Å². The van der Waals surface area contributed by atoms with Gasteiger partial charge in [-0.15, -0.1) is 0 Å². The van der Waals surface area contributed by atoms with Crippen LogP contribution in [0.2, 0.25) is 5.02 Å². The number of ether oxygens (including phenoxy) is 1. The maximum absolute atomic E-state index is 15.5. The summed E-state index contributed by atoms with van der Waals surface area (Å²) in [4.78, 5) is 10.6. The van der Waals surface area contributed by atoms with Gasteiger partial charge in [0.15, 0.2) is 21.5 Å². The first kappa shape index (κ1) is 22.9. The summed E-state index contributed by atoms with van der Waals surface area (Å²) in [5, 5.41) is 7.31. The first-order valence-corrected chi connectivity index (χ1v) is 12.2. The third-order valence-corrected chi connectivity index (χ3v) is 7.29. The number of methoxy groups -OCH3 is 1. The molecule has 2 N–H and O–H groups in total. The minimum Gasteiger partial charge on any atom is -0.480 e. The van der Waals surface area contributed by atoms with Crippen molar-refractivity contribution in [1.82, 2.24) is 25.1 Å². The number of nitrogens with one attached hydrogen (secondary N) is 2. The van der Waals surface area contributed by atoms with Gasteiger partial charge in [-0.3, -0.25) is 5.10 Å². The first-order chi connectivity index (χ1) is 16.8.